The summed E-state index contributed by atoms with van der Waals surface area (Å²) in [5.41, 5.74) is 1.48. The molecule has 0 aliphatic carbocycles. The fraction of sp³-hybridized carbons (Fsp3) is 0.188. The summed E-state index contributed by atoms with van der Waals surface area (Å²) in [6.45, 7) is 1.74. The van der Waals surface area contributed by atoms with E-state index in [9.17, 15) is 4.39 Å². The predicted octanol–water partition coefficient (Wildman–Crippen LogP) is 3.47. The van der Waals surface area contributed by atoms with Gasteiger partial charge in [-0.15, -0.1) is 0 Å². The van der Waals surface area contributed by atoms with Crippen LogP contribution in [-0.4, -0.2) is 18.3 Å². The van der Waals surface area contributed by atoms with Gasteiger partial charge in [-0.2, -0.15) is 0 Å². The van der Waals surface area contributed by atoms with Crippen molar-refractivity contribution in [2.45, 2.75) is 6.54 Å². The second-order valence-corrected chi connectivity index (χ2v) is 5.04. The van der Waals surface area contributed by atoms with Gasteiger partial charge in [0.05, 0.1) is 25.0 Å². The summed E-state index contributed by atoms with van der Waals surface area (Å²) in [5, 5.41) is 4.05. The highest BCUT2D eigenvalue weighted by atomic mass is 19.1. The van der Waals surface area contributed by atoms with Gasteiger partial charge in [0.2, 0.25) is 5.76 Å². The third-order valence-electron chi connectivity index (χ3n) is 3.56. The molecule has 0 atom stereocenters. The van der Waals surface area contributed by atoms with Crippen molar-refractivity contribution < 1.29 is 18.1 Å². The number of benzene rings is 1. The summed E-state index contributed by atoms with van der Waals surface area (Å²) in [5.74, 6) is 1.60. The van der Waals surface area contributed by atoms with Crippen LogP contribution in [0.15, 0.2) is 51.6 Å². The summed E-state index contributed by atoms with van der Waals surface area (Å²) >= 11 is 0. The van der Waals surface area contributed by atoms with Crippen molar-refractivity contribution in [3.05, 3.63) is 54.2 Å². The fourth-order valence-electron chi connectivity index (χ4n) is 2.53. The second kappa shape index (κ2) is 5.22. The smallest absolute Gasteiger partial charge is 0.202 e. The maximum Gasteiger partial charge on any atom is 0.202 e. The second-order valence-electron chi connectivity index (χ2n) is 5.04. The SMILES string of the molecule is Fc1ccc2c(c1)N(Cc1cc(-c3ccco3)on1)CCO2. The molecule has 1 aliphatic rings. The van der Waals surface area contributed by atoms with Crippen LogP contribution in [0.1, 0.15) is 5.69 Å². The van der Waals surface area contributed by atoms with E-state index in [1.807, 2.05) is 17.0 Å². The number of rotatable bonds is 3. The number of aromatic nitrogens is 1. The van der Waals surface area contributed by atoms with Crippen LogP contribution < -0.4 is 9.64 Å². The van der Waals surface area contributed by atoms with E-state index in [0.29, 0.717) is 37.0 Å². The molecule has 0 saturated carbocycles. The van der Waals surface area contributed by atoms with E-state index in [1.165, 1.54) is 12.1 Å². The van der Waals surface area contributed by atoms with Crippen molar-refractivity contribution in [2.24, 2.45) is 0 Å². The Bertz CT molecular complexity index is 783. The minimum atomic E-state index is -0.286. The Morgan fingerprint density at radius 1 is 1.18 bits per heavy atom. The zero-order valence-corrected chi connectivity index (χ0v) is 11.7. The van der Waals surface area contributed by atoms with Crippen molar-refractivity contribution in [2.75, 3.05) is 18.1 Å². The molecule has 0 bridgehead atoms. The minimum absolute atomic E-state index is 0.286. The van der Waals surface area contributed by atoms with Crippen molar-refractivity contribution >= 4 is 5.69 Å². The molecule has 6 heteroatoms. The molecule has 0 fully saturated rings. The number of furan rings is 1. The lowest BCUT2D eigenvalue weighted by molar-refractivity contribution is 0.305. The molecule has 0 unspecified atom stereocenters. The molecule has 0 radical (unpaired) electrons. The van der Waals surface area contributed by atoms with Crippen LogP contribution >= 0.6 is 0 Å². The first-order valence-corrected chi connectivity index (χ1v) is 6.96. The minimum Gasteiger partial charge on any atom is -0.490 e. The topological polar surface area (TPSA) is 51.6 Å². The number of anilines is 1. The molecule has 0 saturated heterocycles. The van der Waals surface area contributed by atoms with Gasteiger partial charge >= 0.3 is 0 Å². The Morgan fingerprint density at radius 2 is 2.14 bits per heavy atom. The van der Waals surface area contributed by atoms with E-state index in [2.05, 4.69) is 5.16 Å². The van der Waals surface area contributed by atoms with Gasteiger partial charge in [-0.25, -0.2) is 4.39 Å². The maximum absolute atomic E-state index is 13.5. The van der Waals surface area contributed by atoms with E-state index in [-0.39, 0.29) is 5.82 Å². The fourth-order valence-corrected chi connectivity index (χ4v) is 2.53. The monoisotopic (exact) mass is 300 g/mol. The van der Waals surface area contributed by atoms with Gasteiger partial charge in [0.25, 0.3) is 0 Å². The largest absolute Gasteiger partial charge is 0.490 e. The van der Waals surface area contributed by atoms with Crippen molar-refractivity contribution in [1.29, 1.82) is 0 Å². The average Bonchev–Trinajstić information content (AvgIpc) is 3.18. The number of hydrogen-bond donors (Lipinski definition) is 0. The Labute approximate surface area is 125 Å². The van der Waals surface area contributed by atoms with Crippen LogP contribution in [-0.2, 0) is 6.54 Å². The molecule has 3 aromatic rings. The highest BCUT2D eigenvalue weighted by Gasteiger charge is 2.20. The number of nitrogens with zero attached hydrogens (tertiary/aromatic N) is 2. The number of halogens is 1. The van der Waals surface area contributed by atoms with E-state index in [4.69, 9.17) is 13.7 Å². The van der Waals surface area contributed by atoms with Crippen LogP contribution in [0.5, 0.6) is 5.75 Å². The normalized spacial score (nSPS) is 13.8. The molecule has 0 spiro atoms. The first-order chi connectivity index (χ1) is 10.8. The van der Waals surface area contributed by atoms with E-state index < -0.39 is 0 Å². The van der Waals surface area contributed by atoms with Gasteiger partial charge in [0.15, 0.2) is 5.76 Å². The quantitative estimate of drug-likeness (QED) is 0.741. The van der Waals surface area contributed by atoms with Gasteiger partial charge in [0.1, 0.15) is 23.9 Å². The Hall–Kier alpha value is -2.76. The van der Waals surface area contributed by atoms with Crippen LogP contribution in [0.3, 0.4) is 0 Å². The van der Waals surface area contributed by atoms with E-state index in [1.54, 1.807) is 18.4 Å². The Kier molecular flexibility index (Phi) is 3.07. The molecular formula is C16H13FN2O3. The number of ether oxygens (including phenoxy) is 1. The zero-order valence-electron chi connectivity index (χ0n) is 11.7. The molecule has 4 rings (SSSR count). The zero-order chi connectivity index (χ0) is 14.9. The van der Waals surface area contributed by atoms with Crippen LogP contribution in [0.2, 0.25) is 0 Å². The first kappa shape index (κ1) is 12.9. The molecule has 1 aromatic carbocycles. The van der Waals surface area contributed by atoms with Crippen molar-refractivity contribution in [1.82, 2.24) is 5.16 Å². The van der Waals surface area contributed by atoms with Crippen LogP contribution in [0.25, 0.3) is 11.5 Å². The number of fused-ring (bicyclic) bond motifs is 1. The average molecular weight is 300 g/mol. The summed E-state index contributed by atoms with van der Waals surface area (Å²) in [6, 6.07) is 9.94. The summed E-state index contributed by atoms with van der Waals surface area (Å²) in [6.07, 6.45) is 1.58. The van der Waals surface area contributed by atoms with E-state index >= 15 is 0 Å². The van der Waals surface area contributed by atoms with Crippen molar-refractivity contribution in [3.8, 4) is 17.3 Å². The van der Waals surface area contributed by atoms with Crippen LogP contribution in [0, 0.1) is 5.82 Å². The van der Waals surface area contributed by atoms with Gasteiger partial charge < -0.3 is 18.6 Å². The summed E-state index contributed by atoms with van der Waals surface area (Å²) < 4.78 is 29.6. The molecule has 22 heavy (non-hydrogen) atoms. The lowest BCUT2D eigenvalue weighted by Crippen LogP contribution is -2.32. The third kappa shape index (κ3) is 2.32. The Balaban J connectivity index is 1.59. The first-order valence-electron chi connectivity index (χ1n) is 6.96. The predicted molar refractivity (Wildman–Crippen MR) is 77.2 cm³/mol. The molecule has 1 aliphatic heterocycles. The number of hydrogen-bond acceptors (Lipinski definition) is 5. The molecule has 0 amide bonds. The standard InChI is InChI=1S/C16H13FN2O3/c17-11-3-4-14-13(8-11)19(5-7-21-14)10-12-9-16(22-18-12)15-2-1-6-20-15/h1-4,6,8-9H,5,7,10H2. The summed E-state index contributed by atoms with van der Waals surface area (Å²) in [7, 11) is 0. The van der Waals surface area contributed by atoms with E-state index in [0.717, 1.165) is 11.4 Å². The van der Waals surface area contributed by atoms with Gasteiger partial charge in [-0.3, -0.25) is 0 Å². The van der Waals surface area contributed by atoms with Gasteiger partial charge in [-0.1, -0.05) is 5.16 Å². The Morgan fingerprint density at radius 3 is 3.00 bits per heavy atom. The molecule has 112 valence electrons. The van der Waals surface area contributed by atoms with Gasteiger partial charge in [-0.05, 0) is 24.3 Å². The molecule has 2 aromatic heterocycles. The summed E-state index contributed by atoms with van der Waals surface area (Å²) in [4.78, 5) is 2.02. The molecule has 3 heterocycles. The molecule has 0 N–H and O–H groups in total. The maximum atomic E-state index is 13.5. The molecular weight excluding hydrogens is 287 g/mol. The molecule has 5 nitrogen and oxygen atoms in total. The highest BCUT2D eigenvalue weighted by molar-refractivity contribution is 5.60. The van der Waals surface area contributed by atoms with Crippen LogP contribution in [0.4, 0.5) is 10.1 Å². The third-order valence-corrected chi connectivity index (χ3v) is 3.56. The lowest BCUT2D eigenvalue weighted by atomic mass is 10.2. The van der Waals surface area contributed by atoms with Gasteiger partial charge in [0, 0.05) is 12.1 Å². The van der Waals surface area contributed by atoms with Crippen molar-refractivity contribution in [3.63, 3.8) is 0 Å². The highest BCUT2D eigenvalue weighted by Crippen LogP contribution is 2.33. The lowest BCUT2D eigenvalue weighted by Gasteiger charge is -2.30.